The lowest BCUT2D eigenvalue weighted by atomic mass is 9.81. The summed E-state index contributed by atoms with van der Waals surface area (Å²) < 4.78 is 20.6. The molecule has 3 atom stereocenters. The number of carboxylic acid groups (broad SMARTS) is 1. The molecule has 1 fully saturated rings. The van der Waals surface area contributed by atoms with E-state index in [0.29, 0.717) is 30.7 Å². The molecule has 2 aromatic rings. The molecule has 1 N–H and O–H groups in total. The molecule has 1 aliphatic rings. The molecular formula is C24H33FN2O3S. The molecule has 0 bridgehead atoms. The van der Waals surface area contributed by atoms with Crippen molar-refractivity contribution < 1.29 is 19.0 Å². The van der Waals surface area contributed by atoms with Crippen molar-refractivity contribution in [2.24, 2.45) is 11.8 Å². The van der Waals surface area contributed by atoms with Crippen molar-refractivity contribution in [2.45, 2.75) is 38.8 Å². The first-order chi connectivity index (χ1) is 15.0. The number of methoxy groups -OCH3 is 1. The Labute approximate surface area is 188 Å². The van der Waals surface area contributed by atoms with Crippen LogP contribution in [0.2, 0.25) is 0 Å². The van der Waals surface area contributed by atoms with Crippen molar-refractivity contribution in [1.29, 1.82) is 0 Å². The highest BCUT2D eigenvalue weighted by atomic mass is 32.2. The van der Waals surface area contributed by atoms with E-state index < -0.39 is 18.1 Å². The minimum atomic E-state index is -1.16. The number of carboxylic acids is 1. The molecule has 5 nitrogen and oxygen atoms in total. The van der Waals surface area contributed by atoms with E-state index in [0.717, 1.165) is 48.3 Å². The third kappa shape index (κ3) is 6.32. The number of hydrogen-bond donors (Lipinski definition) is 1. The summed E-state index contributed by atoms with van der Waals surface area (Å²) in [5.74, 6) is 1.68. The molecule has 3 rings (SSSR count). The molecule has 0 aliphatic carbocycles. The van der Waals surface area contributed by atoms with Crippen molar-refractivity contribution in [3.05, 3.63) is 36.0 Å². The highest BCUT2D eigenvalue weighted by molar-refractivity contribution is 7.99. The monoisotopic (exact) mass is 448 g/mol. The largest absolute Gasteiger partial charge is 0.497 e. The fourth-order valence-electron chi connectivity index (χ4n) is 4.40. The number of hydrogen-bond acceptors (Lipinski definition) is 5. The summed E-state index contributed by atoms with van der Waals surface area (Å²) in [6.07, 6.45) is 3.34. The SMILES string of the molecule is CCCSCCN1CC[C@@H](CC[C@H](F)c2ccnc3ccc(OC)cc23)[C@@H](C(=O)O)C1. The van der Waals surface area contributed by atoms with Gasteiger partial charge in [-0.3, -0.25) is 9.78 Å². The van der Waals surface area contributed by atoms with Crippen LogP contribution in [0.3, 0.4) is 0 Å². The average molecular weight is 449 g/mol. The zero-order valence-corrected chi connectivity index (χ0v) is 19.2. The number of alkyl halides is 1. The fraction of sp³-hybridized carbons (Fsp3) is 0.583. The lowest BCUT2D eigenvalue weighted by Gasteiger charge is -2.36. The molecule has 1 saturated heterocycles. The van der Waals surface area contributed by atoms with Crippen LogP contribution >= 0.6 is 11.8 Å². The first-order valence-corrected chi connectivity index (χ1v) is 12.3. The predicted molar refractivity (Wildman–Crippen MR) is 125 cm³/mol. The molecule has 1 aromatic carbocycles. The quantitative estimate of drug-likeness (QED) is 0.477. The van der Waals surface area contributed by atoms with Gasteiger partial charge in [-0.2, -0.15) is 11.8 Å². The van der Waals surface area contributed by atoms with Crippen molar-refractivity contribution in [3.63, 3.8) is 0 Å². The number of ether oxygens (including phenoxy) is 1. The number of aromatic nitrogens is 1. The Hall–Kier alpha value is -1.86. The normalized spacial score (nSPS) is 20.6. The van der Waals surface area contributed by atoms with E-state index in [1.54, 1.807) is 19.4 Å². The highest BCUT2D eigenvalue weighted by Crippen LogP contribution is 2.35. The van der Waals surface area contributed by atoms with Crippen molar-refractivity contribution in [3.8, 4) is 5.75 Å². The molecular weight excluding hydrogens is 415 g/mol. The molecule has 1 aliphatic heterocycles. The number of nitrogens with zero attached hydrogens (tertiary/aromatic N) is 2. The molecule has 0 amide bonds. The molecule has 170 valence electrons. The maximum atomic E-state index is 15.3. The van der Waals surface area contributed by atoms with E-state index >= 15 is 4.39 Å². The number of carbonyl (C=O) groups is 1. The Morgan fingerprint density at radius 2 is 2.23 bits per heavy atom. The second-order valence-corrected chi connectivity index (χ2v) is 9.46. The Balaban J connectivity index is 1.61. The van der Waals surface area contributed by atoms with Crippen LogP contribution in [0.15, 0.2) is 30.5 Å². The molecule has 31 heavy (non-hydrogen) atoms. The lowest BCUT2D eigenvalue weighted by Crippen LogP contribution is -2.44. The van der Waals surface area contributed by atoms with Gasteiger partial charge in [-0.05, 0) is 73.7 Å². The number of rotatable bonds is 11. The van der Waals surface area contributed by atoms with Crippen LogP contribution in [0.5, 0.6) is 5.75 Å². The second kappa shape index (κ2) is 11.7. The summed E-state index contributed by atoms with van der Waals surface area (Å²) in [5, 5.41) is 10.5. The fourth-order valence-corrected chi connectivity index (χ4v) is 5.28. The van der Waals surface area contributed by atoms with Crippen LogP contribution < -0.4 is 4.74 Å². The van der Waals surface area contributed by atoms with Crippen molar-refractivity contribution >= 4 is 28.6 Å². The average Bonchev–Trinajstić information content (AvgIpc) is 2.79. The predicted octanol–water partition coefficient (Wildman–Crippen LogP) is 5.20. The van der Waals surface area contributed by atoms with Gasteiger partial charge in [-0.25, -0.2) is 4.39 Å². The van der Waals surface area contributed by atoms with Crippen LogP contribution in [0.4, 0.5) is 4.39 Å². The number of benzene rings is 1. The third-order valence-electron chi connectivity index (χ3n) is 6.17. The smallest absolute Gasteiger partial charge is 0.308 e. The van der Waals surface area contributed by atoms with Crippen LogP contribution in [-0.4, -0.2) is 59.2 Å². The van der Waals surface area contributed by atoms with Gasteiger partial charge in [0.25, 0.3) is 0 Å². The number of piperidine rings is 1. The topological polar surface area (TPSA) is 62.7 Å². The number of thioether (sulfide) groups is 1. The van der Waals surface area contributed by atoms with Crippen LogP contribution in [-0.2, 0) is 4.79 Å². The third-order valence-corrected chi connectivity index (χ3v) is 7.34. The zero-order valence-electron chi connectivity index (χ0n) is 18.4. The van der Waals surface area contributed by atoms with Gasteiger partial charge in [-0.1, -0.05) is 6.92 Å². The van der Waals surface area contributed by atoms with Gasteiger partial charge in [-0.15, -0.1) is 0 Å². The van der Waals surface area contributed by atoms with E-state index in [1.165, 1.54) is 0 Å². The van der Waals surface area contributed by atoms with Gasteiger partial charge in [0.05, 0.1) is 18.5 Å². The van der Waals surface area contributed by atoms with Gasteiger partial charge in [0.1, 0.15) is 11.9 Å². The van der Waals surface area contributed by atoms with E-state index in [9.17, 15) is 9.90 Å². The molecule has 1 aromatic heterocycles. The van der Waals surface area contributed by atoms with Gasteiger partial charge in [0.15, 0.2) is 0 Å². The van der Waals surface area contributed by atoms with Crippen molar-refractivity contribution in [1.82, 2.24) is 9.88 Å². The first-order valence-electron chi connectivity index (χ1n) is 11.1. The van der Waals surface area contributed by atoms with Crippen LogP contribution in [0, 0.1) is 11.8 Å². The second-order valence-electron chi connectivity index (χ2n) is 8.23. The van der Waals surface area contributed by atoms with Crippen LogP contribution in [0.1, 0.15) is 44.3 Å². The van der Waals surface area contributed by atoms with Crippen molar-refractivity contribution in [2.75, 3.05) is 38.2 Å². The standard InChI is InChI=1S/C24H33FN2O3S/c1-3-13-31-14-12-27-11-9-17(21(16-27)24(28)29)4-6-22(25)19-8-10-26-23-7-5-18(30-2)15-20(19)23/h5,7-8,10,15,17,21-22H,3-4,6,9,11-14,16H2,1-2H3,(H,28,29)/t17-,21+,22+/m1/s1. The first kappa shape index (κ1) is 23.8. The zero-order chi connectivity index (χ0) is 22.2. The Kier molecular flexibility index (Phi) is 8.96. The molecule has 7 heteroatoms. The Bertz CT molecular complexity index is 866. The molecule has 0 spiro atoms. The van der Waals surface area contributed by atoms with Gasteiger partial charge in [0, 0.05) is 30.4 Å². The summed E-state index contributed by atoms with van der Waals surface area (Å²) in [6.45, 7) is 4.56. The maximum absolute atomic E-state index is 15.3. The van der Waals surface area contributed by atoms with Gasteiger partial charge in [0.2, 0.25) is 0 Å². The van der Waals surface area contributed by atoms with E-state index in [2.05, 4.69) is 16.8 Å². The van der Waals surface area contributed by atoms with Gasteiger partial charge < -0.3 is 14.7 Å². The van der Waals surface area contributed by atoms with E-state index in [1.807, 2.05) is 30.0 Å². The number of halogens is 1. The van der Waals surface area contributed by atoms with E-state index in [-0.39, 0.29) is 5.92 Å². The molecule has 0 saturated carbocycles. The Morgan fingerprint density at radius 1 is 1.39 bits per heavy atom. The summed E-state index contributed by atoms with van der Waals surface area (Å²) in [6, 6.07) is 7.19. The maximum Gasteiger partial charge on any atom is 0.308 e. The van der Waals surface area contributed by atoms with Crippen LogP contribution in [0.25, 0.3) is 10.9 Å². The number of pyridine rings is 1. The minimum absolute atomic E-state index is 0.0120. The summed E-state index contributed by atoms with van der Waals surface area (Å²) in [4.78, 5) is 18.5. The highest BCUT2D eigenvalue weighted by Gasteiger charge is 2.34. The summed E-state index contributed by atoms with van der Waals surface area (Å²) in [5.41, 5.74) is 1.33. The Morgan fingerprint density at radius 3 is 2.97 bits per heavy atom. The number of aliphatic carboxylic acids is 1. The van der Waals surface area contributed by atoms with Gasteiger partial charge >= 0.3 is 5.97 Å². The number of fused-ring (bicyclic) bond motifs is 1. The lowest BCUT2D eigenvalue weighted by molar-refractivity contribution is -0.146. The molecule has 0 unspecified atom stereocenters. The minimum Gasteiger partial charge on any atom is -0.497 e. The summed E-state index contributed by atoms with van der Waals surface area (Å²) >= 11 is 1.92. The van der Waals surface area contributed by atoms with E-state index in [4.69, 9.17) is 4.74 Å². The number of likely N-dealkylation sites (tertiary alicyclic amines) is 1. The summed E-state index contributed by atoms with van der Waals surface area (Å²) in [7, 11) is 1.59. The molecule has 0 radical (unpaired) electrons. The molecule has 2 heterocycles.